The van der Waals surface area contributed by atoms with Crippen molar-refractivity contribution in [3.8, 4) is 0 Å². The standard InChI is InChI=1S/C20H40O2/c1-4-7-9-11-12-13-14-16-18-19(22-20(21)6-3)17-15-10-8-5-2/h19H,4-18H2,1-3H3. The van der Waals surface area contributed by atoms with E-state index in [4.69, 9.17) is 4.74 Å². The van der Waals surface area contributed by atoms with Crippen molar-refractivity contribution in [3.05, 3.63) is 0 Å². The maximum Gasteiger partial charge on any atom is 0.305 e. The molecule has 0 N–H and O–H groups in total. The molecular formula is C20H40O2. The van der Waals surface area contributed by atoms with Crippen molar-refractivity contribution in [3.63, 3.8) is 0 Å². The Balaban J connectivity index is 3.70. The molecule has 1 unspecified atom stereocenters. The van der Waals surface area contributed by atoms with Gasteiger partial charge in [-0.05, 0) is 25.7 Å². The lowest BCUT2D eigenvalue weighted by molar-refractivity contribution is -0.149. The SMILES string of the molecule is CCCCCCCCCCC(CCCCCC)OC(=O)CC. The monoisotopic (exact) mass is 312 g/mol. The van der Waals surface area contributed by atoms with Crippen molar-refractivity contribution in [2.75, 3.05) is 0 Å². The molecule has 0 fully saturated rings. The van der Waals surface area contributed by atoms with E-state index in [1.807, 2.05) is 6.92 Å². The van der Waals surface area contributed by atoms with Gasteiger partial charge in [0.15, 0.2) is 0 Å². The zero-order chi connectivity index (χ0) is 16.5. The summed E-state index contributed by atoms with van der Waals surface area (Å²) in [5, 5.41) is 0. The summed E-state index contributed by atoms with van der Waals surface area (Å²) in [6.07, 6.45) is 18.5. The molecule has 0 aromatic heterocycles. The normalized spacial score (nSPS) is 12.3. The molecule has 22 heavy (non-hydrogen) atoms. The highest BCUT2D eigenvalue weighted by Gasteiger charge is 2.12. The van der Waals surface area contributed by atoms with Crippen LogP contribution in [0.15, 0.2) is 0 Å². The van der Waals surface area contributed by atoms with Crippen LogP contribution in [0.3, 0.4) is 0 Å². The molecule has 0 aliphatic rings. The summed E-state index contributed by atoms with van der Waals surface area (Å²) in [6, 6.07) is 0. The van der Waals surface area contributed by atoms with Crippen molar-refractivity contribution in [2.45, 2.75) is 123 Å². The molecule has 0 aliphatic heterocycles. The minimum absolute atomic E-state index is 0.0277. The molecule has 0 aromatic rings. The van der Waals surface area contributed by atoms with Gasteiger partial charge >= 0.3 is 5.97 Å². The van der Waals surface area contributed by atoms with Gasteiger partial charge in [0, 0.05) is 6.42 Å². The minimum Gasteiger partial charge on any atom is -0.462 e. The summed E-state index contributed by atoms with van der Waals surface area (Å²) in [5.41, 5.74) is 0. The third kappa shape index (κ3) is 14.4. The molecule has 1 atom stereocenters. The zero-order valence-corrected chi connectivity index (χ0v) is 15.5. The van der Waals surface area contributed by atoms with Gasteiger partial charge in [-0.1, -0.05) is 85.0 Å². The van der Waals surface area contributed by atoms with E-state index in [2.05, 4.69) is 13.8 Å². The summed E-state index contributed by atoms with van der Waals surface area (Å²) >= 11 is 0. The largest absolute Gasteiger partial charge is 0.462 e. The molecule has 0 aliphatic carbocycles. The molecule has 0 spiro atoms. The molecule has 0 heterocycles. The van der Waals surface area contributed by atoms with Gasteiger partial charge in [-0.15, -0.1) is 0 Å². The number of carbonyl (C=O) groups excluding carboxylic acids is 1. The molecular weight excluding hydrogens is 272 g/mol. The Morgan fingerprint density at radius 3 is 1.55 bits per heavy atom. The summed E-state index contributed by atoms with van der Waals surface area (Å²) in [7, 11) is 0. The van der Waals surface area contributed by atoms with Gasteiger partial charge in [-0.2, -0.15) is 0 Å². The summed E-state index contributed by atoms with van der Waals surface area (Å²) in [5.74, 6) is -0.0277. The Bertz CT molecular complexity index is 238. The fraction of sp³-hybridized carbons (Fsp3) is 0.950. The lowest BCUT2D eigenvalue weighted by Gasteiger charge is -2.17. The molecule has 0 aromatic carbocycles. The van der Waals surface area contributed by atoms with Crippen LogP contribution < -0.4 is 0 Å². The van der Waals surface area contributed by atoms with Crippen LogP contribution in [0, 0.1) is 0 Å². The van der Waals surface area contributed by atoms with Gasteiger partial charge in [0.05, 0.1) is 0 Å². The Hall–Kier alpha value is -0.530. The first-order valence-corrected chi connectivity index (χ1v) is 9.94. The van der Waals surface area contributed by atoms with E-state index < -0.39 is 0 Å². The van der Waals surface area contributed by atoms with Crippen molar-refractivity contribution in [1.29, 1.82) is 0 Å². The third-order valence-corrected chi connectivity index (χ3v) is 4.35. The maximum atomic E-state index is 11.5. The highest BCUT2D eigenvalue weighted by Crippen LogP contribution is 2.17. The first-order valence-electron chi connectivity index (χ1n) is 9.94. The Morgan fingerprint density at radius 2 is 1.09 bits per heavy atom. The number of ether oxygens (including phenoxy) is 1. The topological polar surface area (TPSA) is 26.3 Å². The third-order valence-electron chi connectivity index (χ3n) is 4.35. The predicted molar refractivity (Wildman–Crippen MR) is 96.2 cm³/mol. The molecule has 2 heteroatoms. The van der Waals surface area contributed by atoms with E-state index in [1.54, 1.807) is 0 Å². The van der Waals surface area contributed by atoms with E-state index in [9.17, 15) is 4.79 Å². The molecule has 132 valence electrons. The number of rotatable bonds is 16. The van der Waals surface area contributed by atoms with Crippen LogP contribution in [0.5, 0.6) is 0 Å². The fourth-order valence-electron chi connectivity index (χ4n) is 2.84. The summed E-state index contributed by atoms with van der Waals surface area (Å²) in [4.78, 5) is 11.5. The van der Waals surface area contributed by atoms with E-state index in [0.29, 0.717) is 6.42 Å². The van der Waals surface area contributed by atoms with Gasteiger partial charge in [-0.3, -0.25) is 4.79 Å². The molecule has 0 saturated heterocycles. The highest BCUT2D eigenvalue weighted by molar-refractivity contribution is 5.69. The number of esters is 1. The highest BCUT2D eigenvalue weighted by atomic mass is 16.5. The Labute approximate surface area is 139 Å². The molecule has 0 rings (SSSR count). The van der Waals surface area contributed by atoms with Crippen LogP contribution in [0.25, 0.3) is 0 Å². The maximum absolute atomic E-state index is 11.5. The quantitative estimate of drug-likeness (QED) is 0.231. The van der Waals surface area contributed by atoms with E-state index in [1.165, 1.54) is 77.0 Å². The van der Waals surface area contributed by atoms with Crippen LogP contribution in [0.4, 0.5) is 0 Å². The van der Waals surface area contributed by atoms with E-state index >= 15 is 0 Å². The van der Waals surface area contributed by atoms with Crippen LogP contribution in [0.2, 0.25) is 0 Å². The van der Waals surface area contributed by atoms with Gasteiger partial charge in [-0.25, -0.2) is 0 Å². The molecule has 0 bridgehead atoms. The van der Waals surface area contributed by atoms with Crippen LogP contribution in [-0.2, 0) is 9.53 Å². The minimum atomic E-state index is -0.0277. The van der Waals surface area contributed by atoms with Crippen molar-refractivity contribution in [2.24, 2.45) is 0 Å². The van der Waals surface area contributed by atoms with Gasteiger partial charge in [0.2, 0.25) is 0 Å². The number of hydrogen-bond acceptors (Lipinski definition) is 2. The predicted octanol–water partition coefficient (Wildman–Crippen LogP) is 6.81. The second-order valence-corrected chi connectivity index (χ2v) is 6.58. The average Bonchev–Trinajstić information content (AvgIpc) is 2.53. The average molecular weight is 313 g/mol. The van der Waals surface area contributed by atoms with Crippen molar-refractivity contribution < 1.29 is 9.53 Å². The lowest BCUT2D eigenvalue weighted by atomic mass is 10.0. The number of carbonyl (C=O) groups is 1. The second-order valence-electron chi connectivity index (χ2n) is 6.58. The Kier molecular flexibility index (Phi) is 16.4. The van der Waals surface area contributed by atoms with Crippen molar-refractivity contribution >= 4 is 5.97 Å². The van der Waals surface area contributed by atoms with E-state index in [0.717, 1.165) is 12.8 Å². The molecule has 0 saturated carbocycles. The van der Waals surface area contributed by atoms with Gasteiger partial charge in [0.1, 0.15) is 6.10 Å². The zero-order valence-electron chi connectivity index (χ0n) is 15.5. The first-order chi connectivity index (χ1) is 10.7. The van der Waals surface area contributed by atoms with Crippen LogP contribution >= 0.6 is 0 Å². The second kappa shape index (κ2) is 16.8. The molecule has 0 radical (unpaired) electrons. The molecule has 0 amide bonds. The smallest absolute Gasteiger partial charge is 0.305 e. The fourth-order valence-corrected chi connectivity index (χ4v) is 2.84. The first kappa shape index (κ1) is 21.5. The van der Waals surface area contributed by atoms with Crippen LogP contribution in [-0.4, -0.2) is 12.1 Å². The van der Waals surface area contributed by atoms with Crippen molar-refractivity contribution in [1.82, 2.24) is 0 Å². The number of hydrogen-bond donors (Lipinski definition) is 0. The lowest BCUT2D eigenvalue weighted by Crippen LogP contribution is -2.17. The summed E-state index contributed by atoms with van der Waals surface area (Å²) < 4.78 is 5.60. The van der Waals surface area contributed by atoms with Crippen LogP contribution in [0.1, 0.15) is 117 Å². The molecule has 2 nitrogen and oxygen atoms in total. The van der Waals surface area contributed by atoms with E-state index in [-0.39, 0.29) is 12.1 Å². The van der Waals surface area contributed by atoms with Gasteiger partial charge < -0.3 is 4.74 Å². The number of unbranched alkanes of at least 4 members (excludes halogenated alkanes) is 10. The Morgan fingerprint density at radius 1 is 0.682 bits per heavy atom. The van der Waals surface area contributed by atoms with Gasteiger partial charge in [0.25, 0.3) is 0 Å². The summed E-state index contributed by atoms with van der Waals surface area (Å²) in [6.45, 7) is 6.38.